The number of nitrogens with zero attached hydrogens (tertiary/aromatic N) is 4. The minimum Gasteiger partial charge on any atom is -0.338 e. The van der Waals surface area contributed by atoms with Crippen LogP contribution in [0.2, 0.25) is 0 Å². The molecule has 0 radical (unpaired) electrons. The van der Waals surface area contributed by atoms with E-state index in [2.05, 4.69) is 15.3 Å². The fraction of sp³-hybridized carbons (Fsp3) is 0.533. The number of amides is 1. The first-order valence-corrected chi connectivity index (χ1v) is 9.69. The van der Waals surface area contributed by atoms with E-state index in [-0.39, 0.29) is 16.7 Å². The zero-order valence-electron chi connectivity index (χ0n) is 14.0. The summed E-state index contributed by atoms with van der Waals surface area (Å²) >= 11 is 0. The lowest BCUT2D eigenvalue weighted by atomic mass is 9.94. The standard InChI is InChI=1S/C15H21N5O3S/c1-10-12(9-19(2)18-10)15(21)20-6-4-5-11(8-20)14-13(7-16-17-14)24(3,22)23/h7,9,11H,4-6,8H2,1-3H3,(H,16,17)/t11-/m0/s1. The Balaban J connectivity index is 1.84. The summed E-state index contributed by atoms with van der Waals surface area (Å²) in [7, 11) is -1.56. The second-order valence-electron chi connectivity index (χ2n) is 6.31. The van der Waals surface area contributed by atoms with Gasteiger partial charge < -0.3 is 4.90 Å². The Hall–Kier alpha value is -2.16. The highest BCUT2D eigenvalue weighted by atomic mass is 32.2. The molecule has 0 saturated carbocycles. The minimum atomic E-state index is -3.34. The molecule has 130 valence electrons. The Kier molecular flexibility index (Phi) is 4.20. The second-order valence-corrected chi connectivity index (χ2v) is 8.30. The van der Waals surface area contributed by atoms with Crippen LogP contribution in [0.5, 0.6) is 0 Å². The van der Waals surface area contributed by atoms with Gasteiger partial charge in [0.2, 0.25) is 0 Å². The van der Waals surface area contributed by atoms with Crippen LogP contribution < -0.4 is 0 Å². The highest BCUT2D eigenvalue weighted by Crippen LogP contribution is 2.30. The van der Waals surface area contributed by atoms with Crippen molar-refractivity contribution < 1.29 is 13.2 Å². The quantitative estimate of drug-likeness (QED) is 0.884. The van der Waals surface area contributed by atoms with E-state index in [4.69, 9.17) is 0 Å². The third-order valence-electron chi connectivity index (χ3n) is 4.39. The summed E-state index contributed by atoms with van der Waals surface area (Å²) in [6, 6.07) is 0. The maximum Gasteiger partial charge on any atom is 0.257 e. The van der Waals surface area contributed by atoms with Crippen molar-refractivity contribution in [3.05, 3.63) is 29.3 Å². The molecule has 1 aliphatic rings. The number of sulfone groups is 1. The van der Waals surface area contributed by atoms with E-state index in [9.17, 15) is 13.2 Å². The number of piperidine rings is 1. The van der Waals surface area contributed by atoms with E-state index in [1.807, 2.05) is 6.92 Å². The number of hydrogen-bond acceptors (Lipinski definition) is 5. The van der Waals surface area contributed by atoms with Gasteiger partial charge in [-0.15, -0.1) is 0 Å². The number of hydrogen-bond donors (Lipinski definition) is 1. The number of nitrogens with one attached hydrogen (secondary N) is 1. The molecule has 1 amide bonds. The molecular formula is C15H21N5O3S. The molecule has 8 nitrogen and oxygen atoms in total. The third kappa shape index (κ3) is 3.08. The van der Waals surface area contributed by atoms with Crippen molar-refractivity contribution in [2.24, 2.45) is 7.05 Å². The van der Waals surface area contributed by atoms with Gasteiger partial charge in [-0.1, -0.05) is 0 Å². The minimum absolute atomic E-state index is 0.0631. The Labute approximate surface area is 140 Å². The Morgan fingerprint density at radius 3 is 2.79 bits per heavy atom. The molecule has 1 saturated heterocycles. The Morgan fingerprint density at radius 1 is 1.42 bits per heavy atom. The predicted molar refractivity (Wildman–Crippen MR) is 87.5 cm³/mol. The number of aromatic amines is 1. The molecule has 1 N–H and O–H groups in total. The average molecular weight is 351 g/mol. The van der Waals surface area contributed by atoms with Crippen molar-refractivity contribution in [3.63, 3.8) is 0 Å². The fourth-order valence-corrected chi connectivity index (χ4v) is 4.11. The molecule has 0 aliphatic carbocycles. The summed E-state index contributed by atoms with van der Waals surface area (Å²) in [6.45, 7) is 2.94. The van der Waals surface area contributed by atoms with Crippen molar-refractivity contribution >= 4 is 15.7 Å². The van der Waals surface area contributed by atoms with Gasteiger partial charge in [-0.2, -0.15) is 10.2 Å². The van der Waals surface area contributed by atoms with Crippen molar-refractivity contribution in [2.45, 2.75) is 30.6 Å². The van der Waals surface area contributed by atoms with E-state index in [1.54, 1.807) is 22.8 Å². The lowest BCUT2D eigenvalue weighted by Crippen LogP contribution is -2.39. The highest BCUT2D eigenvalue weighted by molar-refractivity contribution is 7.90. The monoisotopic (exact) mass is 351 g/mol. The van der Waals surface area contributed by atoms with Gasteiger partial charge in [0.05, 0.1) is 23.1 Å². The SMILES string of the molecule is Cc1nn(C)cc1C(=O)N1CCC[C@H](c2[nH]ncc2S(C)(=O)=O)C1. The number of carbonyl (C=O) groups excluding carboxylic acids is 1. The lowest BCUT2D eigenvalue weighted by Gasteiger charge is -2.32. The van der Waals surface area contributed by atoms with Crippen LogP contribution in [0.3, 0.4) is 0 Å². The Bertz CT molecular complexity index is 868. The summed E-state index contributed by atoms with van der Waals surface area (Å²) in [5.41, 5.74) is 1.88. The molecule has 0 unspecified atom stereocenters. The topological polar surface area (TPSA) is 101 Å². The average Bonchev–Trinajstić information content (AvgIpc) is 3.13. The summed E-state index contributed by atoms with van der Waals surface area (Å²) in [6.07, 6.45) is 5.88. The summed E-state index contributed by atoms with van der Waals surface area (Å²) in [5, 5.41) is 10.9. The number of aromatic nitrogens is 4. The van der Waals surface area contributed by atoms with Crippen LogP contribution >= 0.6 is 0 Å². The van der Waals surface area contributed by atoms with E-state index in [1.165, 1.54) is 12.5 Å². The van der Waals surface area contributed by atoms with E-state index < -0.39 is 9.84 Å². The molecule has 24 heavy (non-hydrogen) atoms. The van der Waals surface area contributed by atoms with Gasteiger partial charge in [0.1, 0.15) is 4.90 Å². The Morgan fingerprint density at radius 2 is 2.17 bits per heavy atom. The van der Waals surface area contributed by atoms with E-state index in [0.29, 0.717) is 30.0 Å². The number of carbonyl (C=O) groups is 1. The van der Waals surface area contributed by atoms with Crippen LogP contribution in [0.4, 0.5) is 0 Å². The van der Waals surface area contributed by atoms with Crippen molar-refractivity contribution in [2.75, 3.05) is 19.3 Å². The van der Waals surface area contributed by atoms with Crippen LogP contribution in [-0.4, -0.2) is 58.5 Å². The normalized spacial score (nSPS) is 18.8. The van der Waals surface area contributed by atoms with Gasteiger partial charge in [-0.05, 0) is 19.8 Å². The summed E-state index contributed by atoms with van der Waals surface area (Å²) in [4.78, 5) is 14.7. The third-order valence-corrected chi connectivity index (χ3v) is 5.52. The van der Waals surface area contributed by atoms with Crippen LogP contribution in [0.1, 0.15) is 40.5 Å². The molecule has 2 aromatic heterocycles. The number of rotatable bonds is 3. The fourth-order valence-electron chi connectivity index (χ4n) is 3.25. The van der Waals surface area contributed by atoms with Gasteiger partial charge in [-0.25, -0.2) is 8.42 Å². The van der Waals surface area contributed by atoms with Gasteiger partial charge in [0, 0.05) is 38.5 Å². The van der Waals surface area contributed by atoms with Crippen LogP contribution in [0.25, 0.3) is 0 Å². The van der Waals surface area contributed by atoms with Gasteiger partial charge in [-0.3, -0.25) is 14.6 Å². The second kappa shape index (κ2) is 6.04. The first-order valence-electron chi connectivity index (χ1n) is 7.80. The first kappa shape index (κ1) is 16.7. The van der Waals surface area contributed by atoms with Crippen LogP contribution in [0, 0.1) is 6.92 Å². The highest BCUT2D eigenvalue weighted by Gasteiger charge is 2.31. The van der Waals surface area contributed by atoms with Gasteiger partial charge in [0.15, 0.2) is 9.84 Å². The molecule has 1 atom stereocenters. The molecule has 0 bridgehead atoms. The van der Waals surface area contributed by atoms with Crippen molar-refractivity contribution in [3.8, 4) is 0 Å². The van der Waals surface area contributed by atoms with Crippen molar-refractivity contribution in [1.29, 1.82) is 0 Å². The van der Waals surface area contributed by atoms with E-state index in [0.717, 1.165) is 12.8 Å². The number of aryl methyl sites for hydroxylation is 2. The maximum absolute atomic E-state index is 12.8. The summed E-state index contributed by atoms with van der Waals surface area (Å²) in [5.74, 6) is -0.127. The maximum atomic E-state index is 12.8. The zero-order chi connectivity index (χ0) is 17.5. The zero-order valence-corrected chi connectivity index (χ0v) is 14.8. The van der Waals surface area contributed by atoms with Crippen LogP contribution in [0.15, 0.2) is 17.3 Å². The molecule has 1 aliphatic heterocycles. The molecule has 2 aromatic rings. The van der Waals surface area contributed by atoms with E-state index >= 15 is 0 Å². The molecule has 1 fully saturated rings. The number of likely N-dealkylation sites (tertiary alicyclic amines) is 1. The lowest BCUT2D eigenvalue weighted by molar-refractivity contribution is 0.0704. The molecule has 0 aromatic carbocycles. The molecular weight excluding hydrogens is 330 g/mol. The smallest absolute Gasteiger partial charge is 0.257 e. The van der Waals surface area contributed by atoms with Crippen molar-refractivity contribution in [1.82, 2.24) is 24.9 Å². The first-order chi connectivity index (χ1) is 11.3. The van der Waals surface area contributed by atoms with Gasteiger partial charge >= 0.3 is 0 Å². The van der Waals surface area contributed by atoms with Crippen LogP contribution in [-0.2, 0) is 16.9 Å². The molecule has 3 heterocycles. The number of H-pyrrole nitrogens is 1. The predicted octanol–water partition coefficient (Wildman–Crippen LogP) is 0.875. The van der Waals surface area contributed by atoms with Gasteiger partial charge in [0.25, 0.3) is 5.91 Å². The molecule has 0 spiro atoms. The molecule has 9 heteroatoms. The summed E-state index contributed by atoms with van der Waals surface area (Å²) < 4.78 is 25.4. The molecule has 3 rings (SSSR count). The largest absolute Gasteiger partial charge is 0.338 e.